The van der Waals surface area contributed by atoms with Gasteiger partial charge < -0.3 is 32.7 Å². The van der Waals surface area contributed by atoms with Crippen LogP contribution in [0.2, 0.25) is 0 Å². The maximum Gasteiger partial charge on any atom is 0.257 e. The Hall–Kier alpha value is -12.2. The molecule has 24 heteroatoms. The van der Waals surface area contributed by atoms with Gasteiger partial charge in [-0.25, -0.2) is 28.5 Å². The van der Waals surface area contributed by atoms with Crippen LogP contribution >= 0.6 is 0 Å². The van der Waals surface area contributed by atoms with Crippen molar-refractivity contribution in [1.29, 1.82) is 0 Å². The van der Waals surface area contributed by atoms with Crippen LogP contribution in [0.5, 0.6) is 0 Å². The third-order valence-electron chi connectivity index (χ3n) is 18.8. The highest BCUT2D eigenvalue weighted by molar-refractivity contribution is 6.05. The molecular formula is C82H83N21O3. The van der Waals surface area contributed by atoms with Crippen molar-refractivity contribution in [3.05, 3.63) is 267 Å². The highest BCUT2D eigenvalue weighted by atomic mass is 16.2. The van der Waals surface area contributed by atoms with E-state index in [0.717, 1.165) is 130 Å². The van der Waals surface area contributed by atoms with E-state index in [4.69, 9.17) is 11.5 Å². The Morgan fingerprint density at radius 1 is 0.425 bits per heavy atom. The Bertz CT molecular complexity index is 5140. The predicted octanol–water partition coefficient (Wildman–Crippen LogP) is 9.28. The minimum atomic E-state index is -0.230. The fraction of sp³-hybridized carbons (Fsp3) is 0.268. The number of imidazole rings is 3. The van der Waals surface area contributed by atoms with Gasteiger partial charge in [-0.2, -0.15) is 15.3 Å². The van der Waals surface area contributed by atoms with Crippen LogP contribution in [-0.4, -0.2) is 156 Å². The van der Waals surface area contributed by atoms with Gasteiger partial charge in [0.1, 0.15) is 17.1 Å². The van der Waals surface area contributed by atoms with Gasteiger partial charge in [0, 0.05) is 147 Å². The zero-order valence-electron chi connectivity index (χ0n) is 59.7. The number of nitrogens with one attached hydrogen (secondary N) is 4. The number of hydrogen-bond acceptors (Lipinski definition) is 18. The maximum absolute atomic E-state index is 12.9. The monoisotopic (exact) mass is 1410 g/mol. The van der Waals surface area contributed by atoms with Crippen LogP contribution in [0.4, 0.5) is 17.1 Å². The Balaban J connectivity index is 0.000000141. The number of likely N-dealkylation sites (N-methyl/N-ethyl adjacent to an activating group) is 1. The first-order chi connectivity index (χ1) is 51.7. The third-order valence-corrected chi connectivity index (χ3v) is 18.8. The summed E-state index contributed by atoms with van der Waals surface area (Å²) in [5, 5.41) is 25.1. The second-order valence-electron chi connectivity index (χ2n) is 26.9. The molecule has 24 nitrogen and oxygen atoms in total. The molecule has 0 unspecified atom stereocenters. The topological polar surface area (TPSA) is 290 Å². The number of pyridine rings is 3. The van der Waals surface area contributed by atoms with E-state index in [9.17, 15) is 14.4 Å². The summed E-state index contributed by atoms with van der Waals surface area (Å²) in [5.41, 5.74) is 29.1. The Morgan fingerprint density at radius 3 is 1.09 bits per heavy atom. The number of likely N-dealkylation sites (tertiary alicyclic amines) is 3. The van der Waals surface area contributed by atoms with Crippen LogP contribution in [0.25, 0.3) is 16.9 Å². The van der Waals surface area contributed by atoms with Gasteiger partial charge in [-0.3, -0.25) is 44.0 Å². The zero-order valence-corrected chi connectivity index (χ0v) is 59.7. The van der Waals surface area contributed by atoms with Crippen molar-refractivity contribution in [2.75, 3.05) is 62.3 Å². The minimum absolute atomic E-state index is 0.220. The average Bonchev–Trinajstić information content (AvgIpc) is 1.38. The molecule has 3 fully saturated rings. The summed E-state index contributed by atoms with van der Waals surface area (Å²) < 4.78 is 5.01. The number of nitrogens with two attached hydrogens (primary N) is 2. The number of aryl methyl sites for hydroxylation is 3. The van der Waals surface area contributed by atoms with E-state index in [0.29, 0.717) is 56.5 Å². The third kappa shape index (κ3) is 19.0. The number of carbonyl (C=O) groups excluding carboxylic acids is 3. The van der Waals surface area contributed by atoms with Crippen LogP contribution in [0.15, 0.2) is 184 Å². The lowest BCUT2D eigenvalue weighted by Crippen LogP contribution is -2.43. The van der Waals surface area contributed by atoms with E-state index in [2.05, 4.69) is 156 Å². The summed E-state index contributed by atoms with van der Waals surface area (Å²) in [4.78, 5) is 71.4. The molecule has 3 aliphatic rings. The molecule has 3 atom stereocenters. The van der Waals surface area contributed by atoms with Gasteiger partial charge in [-0.1, -0.05) is 36.0 Å². The van der Waals surface area contributed by atoms with Gasteiger partial charge in [0.25, 0.3) is 17.7 Å². The van der Waals surface area contributed by atoms with Crippen LogP contribution in [0.1, 0.15) is 137 Å². The number of carbonyl (C=O) groups is 3. The molecule has 534 valence electrons. The average molecular weight is 1410 g/mol. The first-order valence-electron chi connectivity index (χ1n) is 35.5. The van der Waals surface area contributed by atoms with E-state index in [1.54, 1.807) is 93.7 Å². The SMILES string of the molecule is CN[C@@H]1CCCN(Cc2ccc(NC(=O)c3cncc(C#Cc4cnc5cccnn45)c3)cc2C)C1.Cc1cc(NC(=O)c2cncc(C#Cc3cnc4cccnn34)c2)ccc1CN1CCC[C@@H](N)C1.Cc1cc(NC(=O)c2cncc(C#Cc3cnc4cccnn34)c2)ccc1CN1CCC[C@H](N)C1. The lowest BCUT2D eigenvalue weighted by atomic mass is 10.0. The molecule has 0 spiro atoms. The first kappa shape index (κ1) is 72.2. The van der Waals surface area contributed by atoms with E-state index < -0.39 is 0 Å². The molecular weight excluding hydrogens is 1330 g/mol. The molecule has 3 saturated heterocycles. The molecule has 0 saturated carbocycles. The molecule has 3 amide bonds. The maximum atomic E-state index is 12.9. The van der Waals surface area contributed by atoms with Crippen molar-refractivity contribution in [2.45, 2.75) is 97.1 Å². The number of nitrogens with zero attached hydrogens (tertiary/aromatic N) is 15. The summed E-state index contributed by atoms with van der Waals surface area (Å²) in [6, 6.07) is 35.5. The van der Waals surface area contributed by atoms with Gasteiger partial charge >= 0.3 is 0 Å². The van der Waals surface area contributed by atoms with Crippen molar-refractivity contribution in [2.24, 2.45) is 11.5 Å². The number of anilines is 3. The molecule has 9 aromatic heterocycles. The Morgan fingerprint density at radius 2 is 0.764 bits per heavy atom. The van der Waals surface area contributed by atoms with Gasteiger partial charge in [0.05, 0.1) is 35.3 Å². The van der Waals surface area contributed by atoms with Crippen molar-refractivity contribution < 1.29 is 14.4 Å². The second kappa shape index (κ2) is 34.4. The van der Waals surface area contributed by atoms with Crippen LogP contribution in [-0.2, 0) is 19.6 Å². The highest BCUT2D eigenvalue weighted by Crippen LogP contribution is 2.25. The molecule has 0 bridgehead atoms. The van der Waals surface area contributed by atoms with Gasteiger partial charge in [0.2, 0.25) is 0 Å². The summed E-state index contributed by atoms with van der Waals surface area (Å²) in [5.74, 6) is 17.6. The van der Waals surface area contributed by atoms with Crippen LogP contribution in [0, 0.1) is 56.3 Å². The number of rotatable bonds is 13. The number of aromatic nitrogens is 12. The Kier molecular flexibility index (Phi) is 23.4. The van der Waals surface area contributed by atoms with Crippen LogP contribution in [0.3, 0.4) is 0 Å². The van der Waals surface area contributed by atoms with E-state index in [1.165, 1.54) is 47.5 Å². The van der Waals surface area contributed by atoms with Crippen molar-refractivity contribution in [3.63, 3.8) is 0 Å². The molecule has 15 rings (SSSR count). The van der Waals surface area contributed by atoms with E-state index in [-0.39, 0.29) is 29.8 Å². The lowest BCUT2D eigenvalue weighted by Gasteiger charge is -2.32. The number of benzene rings is 3. The van der Waals surface area contributed by atoms with Gasteiger partial charge in [-0.15, -0.1) is 0 Å². The molecule has 3 aliphatic heterocycles. The molecule has 0 radical (unpaired) electrons. The van der Waals surface area contributed by atoms with Crippen LogP contribution < -0.4 is 32.7 Å². The number of piperidine rings is 3. The second-order valence-corrected chi connectivity index (χ2v) is 26.9. The fourth-order valence-corrected chi connectivity index (χ4v) is 13.1. The number of fused-ring (bicyclic) bond motifs is 3. The summed E-state index contributed by atoms with van der Waals surface area (Å²) in [6.45, 7) is 15.1. The van der Waals surface area contributed by atoms with E-state index in [1.807, 2.05) is 79.8 Å². The van der Waals surface area contributed by atoms with Crippen molar-refractivity contribution in [1.82, 2.24) is 78.8 Å². The lowest BCUT2D eigenvalue weighted by molar-refractivity contribution is 0.101. The summed E-state index contributed by atoms with van der Waals surface area (Å²) in [7, 11) is 2.04. The van der Waals surface area contributed by atoms with Gasteiger partial charge in [0.15, 0.2) is 16.9 Å². The quantitative estimate of drug-likeness (QED) is 0.0586. The first-order valence-corrected chi connectivity index (χ1v) is 35.5. The molecule has 3 aromatic carbocycles. The van der Waals surface area contributed by atoms with E-state index >= 15 is 0 Å². The fourth-order valence-electron chi connectivity index (χ4n) is 13.1. The van der Waals surface area contributed by atoms with Crippen molar-refractivity contribution >= 4 is 51.7 Å². The molecule has 106 heavy (non-hydrogen) atoms. The van der Waals surface area contributed by atoms with Gasteiger partial charge in [-0.05, 0) is 228 Å². The number of amides is 3. The largest absolute Gasteiger partial charge is 0.327 e. The Labute approximate surface area is 615 Å². The molecule has 8 N–H and O–H groups in total. The molecule has 12 heterocycles. The normalized spacial score (nSPS) is 16.0. The summed E-state index contributed by atoms with van der Waals surface area (Å²) in [6.07, 6.45) is 26.5. The number of hydrogen-bond donors (Lipinski definition) is 6. The summed E-state index contributed by atoms with van der Waals surface area (Å²) >= 11 is 0. The predicted molar refractivity (Wildman–Crippen MR) is 409 cm³/mol. The van der Waals surface area contributed by atoms with Crippen molar-refractivity contribution in [3.8, 4) is 35.5 Å². The highest BCUT2D eigenvalue weighted by Gasteiger charge is 2.22. The molecule has 0 aliphatic carbocycles. The minimum Gasteiger partial charge on any atom is -0.327 e. The standard InChI is InChI=1S/C28H29N7O.2C27H27N7O/c1-20-13-24(9-8-22(20)18-34-12-4-5-25(19-34)29-2)33-28(36)23-14-21(15-30-16-23)7-10-26-17-31-27-6-3-11-32-35(26)27;2*1-19-12-24(8-7-21(19)17-33-11-3-4-23(28)18-33)32-27(35)22-13-20(14-29-15-22)6-9-25-16-30-26-5-2-10-31-34(25)26/h3,6,8-9,11,13-17,25,29H,4-5,12,18-19H2,1-2H3,(H,33,36);2*2,5,7-8,10,12-16,23H,3-4,11,17-18,28H2,1H3,(H,32,35)/t25-;2*23-/m110/s1. The zero-order chi connectivity index (χ0) is 73.3. The molecule has 12 aromatic rings. The smallest absolute Gasteiger partial charge is 0.257 e.